The van der Waals surface area contributed by atoms with Crippen LogP contribution < -0.4 is 5.32 Å². The standard InChI is InChI=1S/C16H22N2O5/c1-10(2)18(9-15(21)22)14(20)6-7-17-16(23)12-5-4-11(3)8-13(12)19/h4-5,8,10,19H,6-7,9H2,1-3H3,(H,17,23)(H,21,22). The van der Waals surface area contributed by atoms with Gasteiger partial charge in [-0.05, 0) is 38.5 Å². The van der Waals surface area contributed by atoms with Crippen LogP contribution in [0.15, 0.2) is 18.2 Å². The Balaban J connectivity index is 2.56. The number of rotatable bonds is 7. The summed E-state index contributed by atoms with van der Waals surface area (Å²) in [6.45, 7) is 4.94. The van der Waals surface area contributed by atoms with Gasteiger partial charge in [0.1, 0.15) is 12.3 Å². The van der Waals surface area contributed by atoms with Crippen LogP contribution in [0, 0.1) is 6.92 Å². The van der Waals surface area contributed by atoms with E-state index in [-0.39, 0.29) is 42.8 Å². The normalized spacial score (nSPS) is 10.4. The van der Waals surface area contributed by atoms with Gasteiger partial charge in [-0.25, -0.2) is 0 Å². The molecule has 7 nitrogen and oxygen atoms in total. The van der Waals surface area contributed by atoms with Crippen molar-refractivity contribution in [2.75, 3.05) is 13.1 Å². The van der Waals surface area contributed by atoms with E-state index in [1.165, 1.54) is 17.0 Å². The number of carbonyl (C=O) groups excluding carboxylic acids is 2. The van der Waals surface area contributed by atoms with E-state index in [0.29, 0.717) is 0 Å². The van der Waals surface area contributed by atoms with Crippen LogP contribution in [-0.2, 0) is 9.59 Å². The maximum atomic E-state index is 12.0. The zero-order chi connectivity index (χ0) is 17.6. The summed E-state index contributed by atoms with van der Waals surface area (Å²) < 4.78 is 0. The van der Waals surface area contributed by atoms with Crippen molar-refractivity contribution >= 4 is 17.8 Å². The minimum absolute atomic E-state index is 0.0101. The molecule has 2 amide bonds. The molecule has 126 valence electrons. The van der Waals surface area contributed by atoms with Gasteiger partial charge in [0, 0.05) is 19.0 Å². The number of carbonyl (C=O) groups is 3. The van der Waals surface area contributed by atoms with E-state index in [9.17, 15) is 19.5 Å². The first-order valence-electron chi connectivity index (χ1n) is 7.31. The predicted octanol–water partition coefficient (Wildman–Crippen LogP) is 1.14. The molecule has 0 aliphatic carbocycles. The number of carboxylic acid groups (broad SMARTS) is 1. The highest BCUT2D eigenvalue weighted by Gasteiger charge is 2.20. The first-order valence-corrected chi connectivity index (χ1v) is 7.31. The summed E-state index contributed by atoms with van der Waals surface area (Å²) in [6.07, 6.45) is -0.0101. The van der Waals surface area contributed by atoms with Crippen molar-refractivity contribution < 1.29 is 24.6 Å². The fourth-order valence-electron chi connectivity index (χ4n) is 2.06. The summed E-state index contributed by atoms with van der Waals surface area (Å²) in [5.41, 5.74) is 0.963. The number of aryl methyl sites for hydroxylation is 1. The average molecular weight is 322 g/mol. The second-order valence-corrected chi connectivity index (χ2v) is 5.54. The van der Waals surface area contributed by atoms with Gasteiger partial charge < -0.3 is 20.4 Å². The summed E-state index contributed by atoms with van der Waals surface area (Å²) in [5.74, 6) is -2.04. The molecule has 7 heteroatoms. The Morgan fingerprint density at radius 1 is 1.26 bits per heavy atom. The Bertz CT molecular complexity index is 598. The highest BCUT2D eigenvalue weighted by atomic mass is 16.4. The van der Waals surface area contributed by atoms with Crippen LogP contribution in [0.1, 0.15) is 36.2 Å². The third-order valence-electron chi connectivity index (χ3n) is 3.27. The van der Waals surface area contributed by atoms with Crippen molar-refractivity contribution in [2.45, 2.75) is 33.2 Å². The molecular weight excluding hydrogens is 300 g/mol. The first-order chi connectivity index (χ1) is 10.7. The Kier molecular flexibility index (Phi) is 6.56. The van der Waals surface area contributed by atoms with E-state index < -0.39 is 11.9 Å². The zero-order valence-electron chi connectivity index (χ0n) is 13.5. The van der Waals surface area contributed by atoms with E-state index >= 15 is 0 Å². The molecule has 3 N–H and O–H groups in total. The van der Waals surface area contributed by atoms with Crippen LogP contribution in [0.2, 0.25) is 0 Å². The number of carboxylic acids is 1. The van der Waals surface area contributed by atoms with Gasteiger partial charge in [-0.2, -0.15) is 0 Å². The Morgan fingerprint density at radius 2 is 1.91 bits per heavy atom. The molecule has 0 heterocycles. The summed E-state index contributed by atoms with van der Waals surface area (Å²) in [5, 5.41) is 21.1. The van der Waals surface area contributed by atoms with Crippen molar-refractivity contribution in [1.82, 2.24) is 10.2 Å². The summed E-state index contributed by atoms with van der Waals surface area (Å²) in [7, 11) is 0. The van der Waals surface area contributed by atoms with Gasteiger partial charge in [0.15, 0.2) is 0 Å². The number of aromatic hydroxyl groups is 1. The van der Waals surface area contributed by atoms with Crippen LogP contribution >= 0.6 is 0 Å². The average Bonchev–Trinajstić information content (AvgIpc) is 2.43. The molecule has 0 spiro atoms. The highest BCUT2D eigenvalue weighted by Crippen LogP contribution is 2.18. The molecule has 0 aliphatic rings. The van der Waals surface area contributed by atoms with Crippen LogP contribution in [-0.4, -0.2) is 52.0 Å². The molecule has 1 aromatic carbocycles. The third kappa shape index (κ3) is 5.61. The summed E-state index contributed by atoms with van der Waals surface area (Å²) in [4.78, 5) is 36.0. The van der Waals surface area contributed by atoms with Crippen LogP contribution in [0.5, 0.6) is 5.75 Å². The number of benzene rings is 1. The van der Waals surface area contributed by atoms with E-state index in [1.807, 2.05) is 0 Å². The number of phenolic OH excluding ortho intramolecular Hbond substituents is 1. The molecule has 0 saturated heterocycles. The van der Waals surface area contributed by atoms with Gasteiger partial charge in [-0.15, -0.1) is 0 Å². The van der Waals surface area contributed by atoms with Crippen LogP contribution in [0.25, 0.3) is 0 Å². The predicted molar refractivity (Wildman–Crippen MR) is 84.3 cm³/mol. The molecule has 0 radical (unpaired) electrons. The van der Waals surface area contributed by atoms with Gasteiger partial charge in [-0.1, -0.05) is 6.07 Å². The molecule has 23 heavy (non-hydrogen) atoms. The van der Waals surface area contributed by atoms with Crippen molar-refractivity contribution in [3.63, 3.8) is 0 Å². The van der Waals surface area contributed by atoms with E-state index in [0.717, 1.165) is 5.56 Å². The fraction of sp³-hybridized carbons (Fsp3) is 0.438. The minimum Gasteiger partial charge on any atom is -0.507 e. The SMILES string of the molecule is Cc1ccc(C(=O)NCCC(=O)N(CC(=O)O)C(C)C)c(O)c1. The van der Waals surface area contributed by atoms with E-state index in [1.54, 1.807) is 26.8 Å². The van der Waals surface area contributed by atoms with Gasteiger partial charge in [0.25, 0.3) is 5.91 Å². The summed E-state index contributed by atoms with van der Waals surface area (Å²) >= 11 is 0. The van der Waals surface area contributed by atoms with Crippen molar-refractivity contribution in [1.29, 1.82) is 0 Å². The monoisotopic (exact) mass is 322 g/mol. The largest absolute Gasteiger partial charge is 0.507 e. The van der Waals surface area contributed by atoms with Crippen molar-refractivity contribution in [3.05, 3.63) is 29.3 Å². The lowest BCUT2D eigenvalue weighted by Crippen LogP contribution is -2.42. The van der Waals surface area contributed by atoms with Crippen molar-refractivity contribution in [3.8, 4) is 5.75 Å². The molecule has 1 aromatic rings. The Labute approximate surface area is 134 Å². The molecule has 0 aliphatic heterocycles. The van der Waals surface area contributed by atoms with Crippen LogP contribution in [0.3, 0.4) is 0 Å². The Morgan fingerprint density at radius 3 is 2.43 bits per heavy atom. The number of amides is 2. The van der Waals surface area contributed by atoms with E-state index in [4.69, 9.17) is 5.11 Å². The van der Waals surface area contributed by atoms with Gasteiger partial charge in [0.05, 0.1) is 5.56 Å². The topological polar surface area (TPSA) is 107 Å². The molecular formula is C16H22N2O5. The first kappa shape index (κ1) is 18.5. The quantitative estimate of drug-likeness (QED) is 0.698. The van der Waals surface area contributed by atoms with E-state index in [2.05, 4.69) is 5.32 Å². The molecule has 0 aromatic heterocycles. The van der Waals surface area contributed by atoms with Gasteiger partial charge in [0.2, 0.25) is 5.91 Å². The minimum atomic E-state index is -1.08. The number of nitrogens with zero attached hydrogens (tertiary/aromatic N) is 1. The molecule has 0 bridgehead atoms. The van der Waals surface area contributed by atoms with Gasteiger partial charge in [-0.3, -0.25) is 14.4 Å². The van der Waals surface area contributed by atoms with Gasteiger partial charge >= 0.3 is 5.97 Å². The maximum absolute atomic E-state index is 12.0. The number of aliphatic carboxylic acids is 1. The molecule has 0 atom stereocenters. The highest BCUT2D eigenvalue weighted by molar-refractivity contribution is 5.97. The smallest absolute Gasteiger partial charge is 0.323 e. The maximum Gasteiger partial charge on any atom is 0.323 e. The second-order valence-electron chi connectivity index (χ2n) is 5.54. The number of hydrogen-bond donors (Lipinski definition) is 3. The lowest BCUT2D eigenvalue weighted by atomic mass is 10.1. The summed E-state index contributed by atoms with van der Waals surface area (Å²) in [6, 6.07) is 4.45. The fourth-order valence-corrected chi connectivity index (χ4v) is 2.06. The molecule has 0 unspecified atom stereocenters. The number of hydrogen-bond acceptors (Lipinski definition) is 4. The Hall–Kier alpha value is -2.57. The lowest BCUT2D eigenvalue weighted by Gasteiger charge is -2.24. The molecule has 0 fully saturated rings. The number of nitrogens with one attached hydrogen (secondary N) is 1. The van der Waals surface area contributed by atoms with Crippen molar-refractivity contribution in [2.24, 2.45) is 0 Å². The second kappa shape index (κ2) is 8.17. The van der Waals surface area contributed by atoms with Crippen LogP contribution in [0.4, 0.5) is 0 Å². The third-order valence-corrected chi connectivity index (χ3v) is 3.27. The zero-order valence-corrected chi connectivity index (χ0v) is 13.5. The lowest BCUT2D eigenvalue weighted by molar-refractivity contribution is -0.145. The number of phenols is 1. The molecule has 0 saturated carbocycles. The molecule has 1 rings (SSSR count).